The average Bonchev–Trinajstić information content (AvgIpc) is 3.00. The Bertz CT molecular complexity index is 2000. The molecule has 5 nitrogen and oxygen atoms in total. The molecule has 222 valence electrons. The number of benzene rings is 5. The van der Waals surface area contributed by atoms with Crippen LogP contribution in [0.5, 0.6) is 0 Å². The van der Waals surface area contributed by atoms with Crippen molar-refractivity contribution in [3.8, 4) is 22.5 Å². The van der Waals surface area contributed by atoms with Crippen molar-refractivity contribution in [3.63, 3.8) is 0 Å². The standard InChI is InChI=1S/C38H34N2O3.ClH/c1-6-42-38(41)30-16-8-7-15-29(30)35-31-19-17-27(39-36-23(2)11-9-12-24(36)3)21-33(31)43-34-22-28(18-20-32(34)35)40-37-25(4)13-10-14-26(37)5;/h7-22,39H,6H2,1-5H3;1H/p-1. The number of esters is 1. The van der Waals surface area contributed by atoms with Crippen LogP contribution in [0.3, 0.4) is 0 Å². The van der Waals surface area contributed by atoms with E-state index in [1.165, 1.54) is 0 Å². The summed E-state index contributed by atoms with van der Waals surface area (Å²) in [6.45, 7) is 10.5. The normalized spacial score (nSPS) is 11.4. The first-order valence-electron chi connectivity index (χ1n) is 14.6. The van der Waals surface area contributed by atoms with Crippen LogP contribution in [0, 0.1) is 27.7 Å². The quantitative estimate of drug-likeness (QED) is 0.173. The molecular weight excluding hydrogens is 568 g/mol. The molecule has 0 spiro atoms. The van der Waals surface area contributed by atoms with Crippen molar-refractivity contribution in [1.82, 2.24) is 0 Å². The number of nitrogens with one attached hydrogen (secondary N) is 1. The summed E-state index contributed by atoms with van der Waals surface area (Å²) in [6.07, 6.45) is 0. The molecule has 0 fully saturated rings. The van der Waals surface area contributed by atoms with E-state index in [-0.39, 0.29) is 18.4 Å². The van der Waals surface area contributed by atoms with Crippen molar-refractivity contribution in [1.29, 1.82) is 0 Å². The van der Waals surface area contributed by atoms with Gasteiger partial charge in [-0.05, 0) is 92.8 Å². The van der Waals surface area contributed by atoms with Gasteiger partial charge in [-0.2, -0.15) is 0 Å². The molecule has 0 saturated carbocycles. The monoisotopic (exact) mass is 601 g/mol. The molecule has 2 aliphatic rings. The number of anilines is 2. The highest BCUT2D eigenvalue weighted by atomic mass is 35.5. The summed E-state index contributed by atoms with van der Waals surface area (Å²) < 4.78 is 12.1. The minimum absolute atomic E-state index is 0. The molecule has 0 amide bonds. The van der Waals surface area contributed by atoms with E-state index >= 15 is 0 Å². The van der Waals surface area contributed by atoms with E-state index in [1.807, 2.05) is 61.5 Å². The maximum Gasteiger partial charge on any atom is 0.338 e. The molecule has 1 heterocycles. The van der Waals surface area contributed by atoms with Crippen molar-refractivity contribution >= 4 is 34.0 Å². The number of ether oxygens (including phenoxy) is 1. The molecule has 6 rings (SSSR count). The molecule has 1 N–H and O–H groups in total. The number of carbonyl (C=O) groups is 1. The number of carbonyl (C=O) groups excluding carboxylic acids is 1. The van der Waals surface area contributed by atoms with Crippen LogP contribution < -0.4 is 23.1 Å². The van der Waals surface area contributed by atoms with Crippen LogP contribution in [0.4, 0.5) is 17.1 Å². The molecule has 1 aliphatic carbocycles. The lowest BCUT2D eigenvalue weighted by molar-refractivity contribution is -0.0000271. The number of nitrogens with zero attached hydrogens (tertiary/aromatic N) is 1. The minimum atomic E-state index is -0.352. The minimum Gasteiger partial charge on any atom is -1.00 e. The highest BCUT2D eigenvalue weighted by Gasteiger charge is 2.22. The molecule has 0 bridgehead atoms. The molecule has 4 aromatic carbocycles. The van der Waals surface area contributed by atoms with Gasteiger partial charge in [-0.3, -0.25) is 0 Å². The van der Waals surface area contributed by atoms with Crippen molar-refractivity contribution in [2.45, 2.75) is 34.6 Å². The predicted molar refractivity (Wildman–Crippen MR) is 175 cm³/mol. The maximum absolute atomic E-state index is 13.1. The zero-order valence-electron chi connectivity index (χ0n) is 25.5. The number of halogens is 1. The molecule has 0 radical (unpaired) electrons. The van der Waals surface area contributed by atoms with Gasteiger partial charge in [0.1, 0.15) is 11.3 Å². The van der Waals surface area contributed by atoms with Gasteiger partial charge in [0.25, 0.3) is 0 Å². The van der Waals surface area contributed by atoms with E-state index in [1.54, 1.807) is 0 Å². The summed E-state index contributed by atoms with van der Waals surface area (Å²) in [5.41, 5.74) is 11.3. The van der Waals surface area contributed by atoms with E-state index in [4.69, 9.17) is 14.1 Å². The SMILES string of the molecule is CCOC(=O)c1ccccc1-c1c2ccc(=Nc3c(C)cccc3C)cc-2oc2cc(Nc3c(C)cccc3C)ccc12.[Cl-]. The zero-order chi connectivity index (χ0) is 30.1. The van der Waals surface area contributed by atoms with E-state index in [9.17, 15) is 4.79 Å². The van der Waals surface area contributed by atoms with Gasteiger partial charge in [-0.1, -0.05) is 54.6 Å². The summed E-state index contributed by atoms with van der Waals surface area (Å²) in [6, 6.07) is 32.2. The molecular formula is C38H34ClN2O3-. The molecule has 0 atom stereocenters. The fraction of sp³-hybridized carbons (Fsp3) is 0.158. The molecule has 0 aromatic heterocycles. The summed E-state index contributed by atoms with van der Waals surface area (Å²) >= 11 is 0. The van der Waals surface area contributed by atoms with Crippen molar-refractivity contribution in [3.05, 3.63) is 130 Å². The highest BCUT2D eigenvalue weighted by Crippen LogP contribution is 2.42. The Kier molecular flexibility index (Phi) is 8.88. The third kappa shape index (κ3) is 5.84. The van der Waals surface area contributed by atoms with E-state index < -0.39 is 0 Å². The molecule has 6 heteroatoms. The number of hydrogen-bond donors (Lipinski definition) is 1. The fourth-order valence-corrected chi connectivity index (χ4v) is 5.67. The van der Waals surface area contributed by atoms with Gasteiger partial charge < -0.3 is 26.9 Å². The molecule has 44 heavy (non-hydrogen) atoms. The van der Waals surface area contributed by atoms with Crippen LogP contribution in [-0.4, -0.2) is 12.6 Å². The molecule has 1 aliphatic heterocycles. The fourth-order valence-electron chi connectivity index (χ4n) is 5.67. The van der Waals surface area contributed by atoms with Crippen LogP contribution in [0.15, 0.2) is 106 Å². The Morgan fingerprint density at radius 2 is 1.45 bits per heavy atom. The Morgan fingerprint density at radius 3 is 2.16 bits per heavy atom. The van der Waals surface area contributed by atoms with Crippen LogP contribution in [-0.2, 0) is 4.74 Å². The van der Waals surface area contributed by atoms with E-state index in [0.717, 1.165) is 66.7 Å². The highest BCUT2D eigenvalue weighted by molar-refractivity contribution is 6.08. The van der Waals surface area contributed by atoms with Gasteiger partial charge in [-0.15, -0.1) is 0 Å². The second kappa shape index (κ2) is 12.8. The Hall–Kier alpha value is -4.87. The third-order valence-corrected chi connectivity index (χ3v) is 7.83. The summed E-state index contributed by atoms with van der Waals surface area (Å²) in [5.74, 6) is 0.327. The van der Waals surface area contributed by atoms with Gasteiger partial charge in [0.2, 0.25) is 0 Å². The van der Waals surface area contributed by atoms with Crippen LogP contribution in [0.2, 0.25) is 0 Å². The Labute approximate surface area is 264 Å². The first-order chi connectivity index (χ1) is 20.8. The van der Waals surface area contributed by atoms with Crippen molar-refractivity contribution in [2.75, 3.05) is 11.9 Å². The summed E-state index contributed by atoms with van der Waals surface area (Å²) in [7, 11) is 0. The average molecular weight is 602 g/mol. The molecule has 0 saturated heterocycles. The lowest BCUT2D eigenvalue weighted by Gasteiger charge is -2.19. The second-order valence-corrected chi connectivity index (χ2v) is 10.9. The van der Waals surface area contributed by atoms with Crippen LogP contribution in [0.1, 0.15) is 39.5 Å². The third-order valence-electron chi connectivity index (χ3n) is 7.83. The van der Waals surface area contributed by atoms with Gasteiger partial charge in [0.15, 0.2) is 0 Å². The van der Waals surface area contributed by atoms with Gasteiger partial charge in [0.05, 0.1) is 23.2 Å². The number of rotatable bonds is 6. The largest absolute Gasteiger partial charge is 1.00 e. The summed E-state index contributed by atoms with van der Waals surface area (Å²) in [4.78, 5) is 18.1. The van der Waals surface area contributed by atoms with Crippen molar-refractivity contribution in [2.24, 2.45) is 4.99 Å². The van der Waals surface area contributed by atoms with Gasteiger partial charge in [-0.25, -0.2) is 9.79 Å². The van der Waals surface area contributed by atoms with Gasteiger partial charge >= 0.3 is 5.97 Å². The van der Waals surface area contributed by atoms with Crippen LogP contribution in [0.25, 0.3) is 33.4 Å². The number of aryl methyl sites for hydroxylation is 4. The summed E-state index contributed by atoms with van der Waals surface area (Å²) in [5, 5.41) is 5.28. The lowest BCUT2D eigenvalue weighted by Crippen LogP contribution is -3.00. The zero-order valence-corrected chi connectivity index (χ0v) is 26.3. The van der Waals surface area contributed by atoms with Gasteiger partial charge in [0, 0.05) is 40.0 Å². The van der Waals surface area contributed by atoms with Crippen molar-refractivity contribution < 1.29 is 26.4 Å². The maximum atomic E-state index is 13.1. The van der Waals surface area contributed by atoms with Crippen LogP contribution >= 0.6 is 0 Å². The first-order valence-corrected chi connectivity index (χ1v) is 14.6. The Morgan fingerprint density at radius 1 is 0.773 bits per heavy atom. The van der Waals surface area contributed by atoms with E-state index in [2.05, 4.69) is 75.5 Å². The second-order valence-electron chi connectivity index (χ2n) is 10.9. The molecule has 0 unspecified atom stereocenters. The molecule has 4 aromatic rings. The van der Waals surface area contributed by atoms with E-state index in [0.29, 0.717) is 23.5 Å². The predicted octanol–water partition coefficient (Wildman–Crippen LogP) is 6.59. The number of fused-ring (bicyclic) bond motifs is 2. The number of para-hydroxylation sites is 2. The number of hydrogen-bond acceptors (Lipinski definition) is 5. The smallest absolute Gasteiger partial charge is 0.338 e. The lowest BCUT2D eigenvalue weighted by atomic mass is 9.90. The first kappa shape index (κ1) is 30.6. The Balaban J connectivity index is 0.00000384. The topological polar surface area (TPSA) is 63.8 Å².